The summed E-state index contributed by atoms with van der Waals surface area (Å²) in [5.41, 5.74) is 11.4. The molecule has 0 fully saturated rings. The Morgan fingerprint density at radius 1 is 0.526 bits per heavy atom. The molecule has 0 aliphatic carbocycles. The van der Waals surface area contributed by atoms with E-state index >= 15 is 0 Å². The van der Waals surface area contributed by atoms with Gasteiger partial charge >= 0.3 is 12.2 Å². The summed E-state index contributed by atoms with van der Waals surface area (Å²) in [5, 5.41) is 8.96. The average Bonchev–Trinajstić information content (AvgIpc) is 2.91. The van der Waals surface area contributed by atoms with Gasteiger partial charge in [-0.3, -0.25) is 19.2 Å². The van der Waals surface area contributed by atoms with Crippen molar-refractivity contribution in [3.05, 3.63) is 71.8 Å². The number of carbonyl (C=O) groups excluding carboxylic acids is 6. The van der Waals surface area contributed by atoms with Gasteiger partial charge in [0.1, 0.15) is 26.3 Å². The van der Waals surface area contributed by atoms with Crippen molar-refractivity contribution in [1.29, 1.82) is 0 Å². The Hall–Kier alpha value is -5.14. The molecule has 0 aliphatic heterocycles. The zero-order valence-electron chi connectivity index (χ0n) is 20.4. The van der Waals surface area contributed by atoms with Crippen molar-refractivity contribution in [2.75, 3.05) is 26.2 Å². The molecule has 0 radical (unpaired) electrons. The topological polar surface area (TPSA) is 221 Å². The first-order valence-corrected chi connectivity index (χ1v) is 11.1. The van der Waals surface area contributed by atoms with Crippen LogP contribution in [0.3, 0.4) is 0 Å². The molecule has 14 heteroatoms. The lowest BCUT2D eigenvalue weighted by atomic mass is 10.2. The van der Waals surface area contributed by atoms with Crippen LogP contribution in [0.1, 0.15) is 11.1 Å². The summed E-state index contributed by atoms with van der Waals surface area (Å²) in [6.45, 7) is -0.841. The highest BCUT2D eigenvalue weighted by atomic mass is 16.6. The van der Waals surface area contributed by atoms with Gasteiger partial charge in [0.2, 0.25) is 23.6 Å². The highest BCUT2D eigenvalue weighted by Gasteiger charge is 2.08. The number of nitrogens with one attached hydrogen (secondary N) is 4. The van der Waals surface area contributed by atoms with Gasteiger partial charge in [-0.2, -0.15) is 0 Å². The molecule has 0 unspecified atom stereocenters. The summed E-state index contributed by atoms with van der Waals surface area (Å²) in [5.74, 6) is -2.34. The van der Waals surface area contributed by atoms with Crippen molar-refractivity contribution in [3.63, 3.8) is 0 Å². The second-order valence-corrected chi connectivity index (χ2v) is 7.32. The van der Waals surface area contributed by atoms with E-state index in [1.165, 1.54) is 0 Å². The van der Waals surface area contributed by atoms with Crippen LogP contribution in [0.5, 0.6) is 0 Å². The summed E-state index contributed by atoms with van der Waals surface area (Å²) in [7, 11) is 0. The standard InChI is InChI=1S/2C12H15N3O4/c2*13-10(16)6-14-11(17)7-15-12(18)19-8-9-4-2-1-3-5-9/h2*1-5H,6-8H2,(H2,13,16)(H,14,17)(H,15,18). The second-order valence-electron chi connectivity index (χ2n) is 7.32. The zero-order chi connectivity index (χ0) is 28.2. The summed E-state index contributed by atoms with van der Waals surface area (Å²) < 4.78 is 9.76. The van der Waals surface area contributed by atoms with Crippen LogP contribution in [-0.4, -0.2) is 62.0 Å². The van der Waals surface area contributed by atoms with Crippen molar-refractivity contribution in [2.24, 2.45) is 11.5 Å². The number of amides is 6. The minimum absolute atomic E-state index is 0.121. The zero-order valence-corrected chi connectivity index (χ0v) is 20.4. The van der Waals surface area contributed by atoms with E-state index < -0.39 is 35.8 Å². The Morgan fingerprint density at radius 3 is 1.18 bits per heavy atom. The number of hydrogen-bond donors (Lipinski definition) is 6. The molecule has 6 amide bonds. The normalized spacial score (nSPS) is 9.47. The van der Waals surface area contributed by atoms with Crippen molar-refractivity contribution < 1.29 is 38.2 Å². The quantitative estimate of drug-likeness (QED) is 0.200. The van der Waals surface area contributed by atoms with Crippen LogP contribution in [-0.2, 0) is 41.9 Å². The Labute approximate surface area is 218 Å². The molecular formula is C24H30N6O8. The number of hydrogen-bond acceptors (Lipinski definition) is 8. The third-order valence-corrected chi connectivity index (χ3v) is 4.13. The first-order valence-electron chi connectivity index (χ1n) is 11.1. The lowest BCUT2D eigenvalue weighted by molar-refractivity contribution is -0.124. The van der Waals surface area contributed by atoms with Crippen LogP contribution in [0.4, 0.5) is 9.59 Å². The maximum atomic E-state index is 11.3. The predicted octanol–water partition coefficient (Wildman–Crippen LogP) is -0.971. The fourth-order valence-corrected chi connectivity index (χ4v) is 2.35. The molecule has 0 atom stereocenters. The molecule has 0 bridgehead atoms. The molecule has 2 aromatic carbocycles. The summed E-state index contributed by atoms with van der Waals surface area (Å²) >= 11 is 0. The number of alkyl carbamates (subject to hydrolysis) is 2. The lowest BCUT2D eigenvalue weighted by Gasteiger charge is -2.07. The largest absolute Gasteiger partial charge is 0.445 e. The third-order valence-electron chi connectivity index (χ3n) is 4.13. The van der Waals surface area contributed by atoms with Gasteiger partial charge in [-0.15, -0.1) is 0 Å². The van der Waals surface area contributed by atoms with E-state index in [1.807, 2.05) is 60.7 Å². The van der Waals surface area contributed by atoms with Gasteiger partial charge in [-0.25, -0.2) is 9.59 Å². The van der Waals surface area contributed by atoms with E-state index in [4.69, 9.17) is 20.9 Å². The maximum absolute atomic E-state index is 11.3. The molecule has 0 saturated carbocycles. The Kier molecular flexibility index (Phi) is 14.8. The van der Waals surface area contributed by atoms with Crippen LogP contribution >= 0.6 is 0 Å². The van der Waals surface area contributed by atoms with E-state index in [9.17, 15) is 28.8 Å². The van der Waals surface area contributed by atoms with E-state index in [0.29, 0.717) is 0 Å². The van der Waals surface area contributed by atoms with Crippen molar-refractivity contribution in [2.45, 2.75) is 13.2 Å². The van der Waals surface area contributed by atoms with Crippen molar-refractivity contribution >= 4 is 35.8 Å². The Balaban J connectivity index is 0.000000380. The molecule has 38 heavy (non-hydrogen) atoms. The number of rotatable bonds is 12. The Morgan fingerprint density at radius 2 is 0.868 bits per heavy atom. The van der Waals surface area contributed by atoms with Crippen LogP contribution in [0, 0.1) is 0 Å². The highest BCUT2D eigenvalue weighted by Crippen LogP contribution is 2.01. The molecule has 0 aliphatic rings. The van der Waals surface area contributed by atoms with Gasteiger partial charge in [0.05, 0.1) is 13.1 Å². The average molecular weight is 531 g/mol. The molecule has 0 aromatic heterocycles. The summed E-state index contributed by atoms with van der Waals surface area (Å²) in [4.78, 5) is 65.6. The van der Waals surface area contributed by atoms with Crippen molar-refractivity contribution in [3.8, 4) is 0 Å². The van der Waals surface area contributed by atoms with Gasteiger partial charge < -0.3 is 42.2 Å². The fraction of sp³-hybridized carbons (Fsp3) is 0.250. The molecule has 2 rings (SSSR count). The molecule has 0 heterocycles. The maximum Gasteiger partial charge on any atom is 0.407 e. The second kappa shape index (κ2) is 18.2. The predicted molar refractivity (Wildman–Crippen MR) is 134 cm³/mol. The summed E-state index contributed by atoms with van der Waals surface area (Å²) in [6.07, 6.45) is -1.42. The van der Waals surface area contributed by atoms with Gasteiger partial charge in [0.15, 0.2) is 0 Å². The SMILES string of the molecule is NC(=O)CNC(=O)CNC(=O)OCc1ccccc1.NC(=O)CNC(=O)CNC(=O)OCc1ccccc1. The van der Waals surface area contributed by atoms with Gasteiger partial charge in [0.25, 0.3) is 0 Å². The van der Waals surface area contributed by atoms with E-state index in [1.54, 1.807) is 0 Å². The van der Waals surface area contributed by atoms with Gasteiger partial charge in [0, 0.05) is 0 Å². The monoisotopic (exact) mass is 530 g/mol. The minimum atomic E-state index is -0.710. The van der Waals surface area contributed by atoms with Crippen molar-refractivity contribution in [1.82, 2.24) is 21.3 Å². The van der Waals surface area contributed by atoms with Crippen LogP contribution in [0.2, 0.25) is 0 Å². The lowest BCUT2D eigenvalue weighted by Crippen LogP contribution is -2.40. The highest BCUT2D eigenvalue weighted by molar-refractivity contribution is 5.87. The first kappa shape index (κ1) is 30.9. The number of benzene rings is 2. The molecule has 14 nitrogen and oxygen atoms in total. The molecule has 204 valence electrons. The molecule has 8 N–H and O–H groups in total. The third kappa shape index (κ3) is 16.5. The molecule has 2 aromatic rings. The Bertz CT molecular complexity index is 981. The number of carbonyl (C=O) groups is 6. The molecular weight excluding hydrogens is 500 g/mol. The molecule has 0 saturated heterocycles. The summed E-state index contributed by atoms with van der Waals surface area (Å²) in [6, 6.07) is 18.3. The van der Waals surface area contributed by atoms with Gasteiger partial charge in [-0.05, 0) is 11.1 Å². The smallest absolute Gasteiger partial charge is 0.407 e. The minimum Gasteiger partial charge on any atom is -0.445 e. The van der Waals surface area contributed by atoms with Crippen LogP contribution in [0.15, 0.2) is 60.7 Å². The van der Waals surface area contributed by atoms with Gasteiger partial charge in [-0.1, -0.05) is 60.7 Å². The number of nitrogens with two attached hydrogens (primary N) is 2. The molecule has 0 spiro atoms. The van der Waals surface area contributed by atoms with E-state index in [-0.39, 0.29) is 39.4 Å². The van der Waals surface area contributed by atoms with E-state index in [0.717, 1.165) is 11.1 Å². The fourth-order valence-electron chi connectivity index (χ4n) is 2.35. The van der Waals surface area contributed by atoms with Crippen LogP contribution < -0.4 is 32.7 Å². The van der Waals surface area contributed by atoms with Crippen LogP contribution in [0.25, 0.3) is 0 Å². The number of ether oxygens (including phenoxy) is 2. The van der Waals surface area contributed by atoms with E-state index in [2.05, 4.69) is 21.3 Å². The first-order chi connectivity index (χ1) is 18.2. The number of primary amides is 2.